The van der Waals surface area contributed by atoms with Crippen LogP contribution >= 0.6 is 61.1 Å². The topological polar surface area (TPSA) is 20.2 Å². The van der Waals surface area contributed by atoms with Crippen LogP contribution in [0.3, 0.4) is 0 Å². The summed E-state index contributed by atoms with van der Waals surface area (Å²) < 4.78 is 14.2. The van der Waals surface area contributed by atoms with Crippen LogP contribution in [0, 0.1) is 13.0 Å². The number of halogens is 4. The number of hydrogen-bond acceptors (Lipinski definition) is 1. The van der Waals surface area contributed by atoms with Crippen molar-refractivity contribution < 1.29 is 9.50 Å². The smallest absolute Gasteiger partial charge is 0.154 e. The molecule has 0 unspecified atom stereocenters. The summed E-state index contributed by atoms with van der Waals surface area (Å²) in [6.45, 7) is 0. The Bertz CT molecular complexity index is 277. The zero-order valence-electron chi connectivity index (χ0n) is 5.04. The Kier molecular flexibility index (Phi) is 3.39. The Hall–Kier alpha value is 0.890. The fourth-order valence-electron chi connectivity index (χ4n) is 0.557. The molecule has 0 heterocycles. The molecule has 11 heavy (non-hydrogen) atoms. The Labute approximate surface area is 98.8 Å². The van der Waals surface area contributed by atoms with E-state index in [0.717, 1.165) is 0 Å². The molecule has 0 aromatic heterocycles. The van der Waals surface area contributed by atoms with E-state index in [1.54, 1.807) is 22.6 Å². The molecule has 1 N–H and O–H groups in total. The van der Waals surface area contributed by atoms with Crippen LogP contribution in [0.25, 0.3) is 0 Å². The average Bonchev–Trinajstić information content (AvgIpc) is 1.97. The lowest BCUT2D eigenvalue weighted by atomic mass is 10.3. The van der Waals surface area contributed by atoms with E-state index in [0.29, 0.717) is 8.04 Å². The zero-order chi connectivity index (χ0) is 8.59. The Balaban J connectivity index is 3.46. The molecule has 1 aromatic rings. The van der Waals surface area contributed by atoms with Crippen molar-refractivity contribution in [3.63, 3.8) is 0 Å². The van der Waals surface area contributed by atoms with E-state index in [4.69, 9.17) is 0 Å². The van der Waals surface area contributed by atoms with Gasteiger partial charge in [-0.25, -0.2) is 4.39 Å². The SMILES string of the molecule is Oc1c(I)cc(Br)c(F)c1I. The summed E-state index contributed by atoms with van der Waals surface area (Å²) in [4.78, 5) is 0. The minimum Gasteiger partial charge on any atom is -0.506 e. The first kappa shape index (κ1) is 9.97. The fourth-order valence-corrected chi connectivity index (χ4v) is 3.46. The lowest BCUT2D eigenvalue weighted by Gasteiger charge is -2.02. The minimum absolute atomic E-state index is 0.00639. The molecule has 0 atom stereocenters. The van der Waals surface area contributed by atoms with Crippen LogP contribution in [-0.4, -0.2) is 5.11 Å². The van der Waals surface area contributed by atoms with E-state index in [1.807, 2.05) is 22.6 Å². The van der Waals surface area contributed by atoms with Gasteiger partial charge in [-0.2, -0.15) is 0 Å². The van der Waals surface area contributed by atoms with Gasteiger partial charge < -0.3 is 5.11 Å². The van der Waals surface area contributed by atoms with Gasteiger partial charge >= 0.3 is 0 Å². The van der Waals surface area contributed by atoms with Gasteiger partial charge in [0.25, 0.3) is 0 Å². The van der Waals surface area contributed by atoms with E-state index in [1.165, 1.54) is 6.07 Å². The van der Waals surface area contributed by atoms with Gasteiger partial charge in [0.1, 0.15) is 5.75 Å². The van der Waals surface area contributed by atoms with Crippen LogP contribution in [0.15, 0.2) is 10.5 Å². The number of hydrogen-bond donors (Lipinski definition) is 1. The van der Waals surface area contributed by atoms with Crippen LogP contribution in [-0.2, 0) is 0 Å². The maximum atomic E-state index is 13.0. The standard InChI is InChI=1S/C6H2BrFI2O/c7-2-1-3(9)6(11)5(10)4(2)8/h1,11H. The van der Waals surface area contributed by atoms with Gasteiger partial charge in [-0.3, -0.25) is 0 Å². The van der Waals surface area contributed by atoms with Crippen LogP contribution in [0.2, 0.25) is 0 Å². The normalized spacial score (nSPS) is 10.2. The Morgan fingerprint density at radius 1 is 1.45 bits per heavy atom. The number of phenols is 1. The summed E-state index contributed by atoms with van der Waals surface area (Å²) in [5.74, 6) is -0.407. The van der Waals surface area contributed by atoms with Crippen LogP contribution in [0.1, 0.15) is 0 Å². The molecule has 0 saturated carbocycles. The van der Waals surface area contributed by atoms with Crippen molar-refractivity contribution in [3.05, 3.63) is 23.5 Å². The Morgan fingerprint density at radius 2 is 2.00 bits per heavy atom. The third-order valence-corrected chi connectivity index (χ3v) is 3.47. The molecule has 1 nitrogen and oxygen atoms in total. The first-order valence-electron chi connectivity index (χ1n) is 2.56. The van der Waals surface area contributed by atoms with E-state index in [2.05, 4.69) is 15.9 Å². The molecule has 5 heteroatoms. The quantitative estimate of drug-likeness (QED) is 0.370. The lowest BCUT2D eigenvalue weighted by Crippen LogP contribution is -1.87. The summed E-state index contributed by atoms with van der Waals surface area (Å²) in [5.41, 5.74) is 0. The largest absolute Gasteiger partial charge is 0.506 e. The highest BCUT2D eigenvalue weighted by molar-refractivity contribution is 14.1. The molecule has 0 spiro atoms. The fraction of sp³-hybridized carbons (Fsp3) is 0. The maximum absolute atomic E-state index is 13.0. The van der Waals surface area contributed by atoms with Gasteiger partial charge in [0, 0.05) is 0 Å². The summed E-state index contributed by atoms with van der Waals surface area (Å²) >= 11 is 6.74. The molecule has 0 radical (unpaired) electrons. The van der Waals surface area contributed by atoms with Gasteiger partial charge in [-0.1, -0.05) is 0 Å². The van der Waals surface area contributed by atoms with E-state index in [9.17, 15) is 9.50 Å². The number of phenolic OH excluding ortho intramolecular Hbond substituents is 1. The predicted molar refractivity (Wildman–Crippen MR) is 61.2 cm³/mol. The highest BCUT2D eigenvalue weighted by Gasteiger charge is 2.12. The molecule has 1 aromatic carbocycles. The molecule has 1 rings (SSSR count). The van der Waals surface area contributed by atoms with Gasteiger partial charge in [-0.15, -0.1) is 0 Å². The van der Waals surface area contributed by atoms with Crippen molar-refractivity contribution in [2.24, 2.45) is 0 Å². The third-order valence-electron chi connectivity index (χ3n) is 1.09. The summed E-state index contributed by atoms with van der Waals surface area (Å²) in [6.07, 6.45) is 0. The number of benzene rings is 1. The second-order valence-electron chi connectivity index (χ2n) is 1.82. The first-order valence-corrected chi connectivity index (χ1v) is 5.51. The monoisotopic (exact) mass is 442 g/mol. The highest BCUT2D eigenvalue weighted by Crippen LogP contribution is 2.32. The van der Waals surface area contributed by atoms with Gasteiger partial charge in [0.2, 0.25) is 0 Å². The molecular formula is C6H2BrFI2O. The first-order chi connectivity index (χ1) is 5.04. The molecule has 0 aliphatic rings. The molecule has 0 amide bonds. The van der Waals surface area contributed by atoms with Crippen molar-refractivity contribution in [1.29, 1.82) is 0 Å². The van der Waals surface area contributed by atoms with Crippen molar-refractivity contribution >= 4 is 61.1 Å². The Morgan fingerprint density at radius 3 is 2.55 bits per heavy atom. The maximum Gasteiger partial charge on any atom is 0.154 e. The van der Waals surface area contributed by atoms with Crippen molar-refractivity contribution in [3.8, 4) is 5.75 Å². The van der Waals surface area contributed by atoms with E-state index < -0.39 is 5.82 Å². The van der Waals surface area contributed by atoms with Crippen molar-refractivity contribution in [2.75, 3.05) is 0 Å². The van der Waals surface area contributed by atoms with Gasteiger partial charge in [0.15, 0.2) is 5.82 Å². The zero-order valence-corrected chi connectivity index (χ0v) is 10.9. The molecule has 0 saturated heterocycles. The molecule has 0 bridgehead atoms. The molecular weight excluding hydrogens is 441 g/mol. The molecule has 0 fully saturated rings. The molecule has 0 aliphatic heterocycles. The van der Waals surface area contributed by atoms with E-state index >= 15 is 0 Å². The molecule has 0 aliphatic carbocycles. The number of aromatic hydroxyl groups is 1. The summed E-state index contributed by atoms with van der Waals surface area (Å²) in [5, 5.41) is 9.24. The van der Waals surface area contributed by atoms with Gasteiger partial charge in [0.05, 0.1) is 11.6 Å². The second-order valence-corrected chi connectivity index (χ2v) is 4.91. The van der Waals surface area contributed by atoms with Crippen molar-refractivity contribution in [2.45, 2.75) is 0 Å². The minimum atomic E-state index is -0.413. The predicted octanol–water partition coefficient (Wildman–Crippen LogP) is 3.50. The van der Waals surface area contributed by atoms with Crippen molar-refractivity contribution in [1.82, 2.24) is 0 Å². The van der Waals surface area contributed by atoms with Gasteiger partial charge in [-0.05, 0) is 67.2 Å². The second kappa shape index (κ2) is 3.73. The van der Waals surface area contributed by atoms with Crippen LogP contribution in [0.4, 0.5) is 4.39 Å². The van der Waals surface area contributed by atoms with Crippen LogP contribution in [0.5, 0.6) is 5.75 Å². The summed E-state index contributed by atoms with van der Waals surface area (Å²) in [6, 6.07) is 1.54. The lowest BCUT2D eigenvalue weighted by molar-refractivity contribution is 0.459. The summed E-state index contributed by atoms with van der Waals surface area (Å²) in [7, 11) is 0. The number of rotatable bonds is 0. The van der Waals surface area contributed by atoms with Crippen LogP contribution < -0.4 is 0 Å². The average molecular weight is 443 g/mol. The molecule has 60 valence electrons. The highest BCUT2D eigenvalue weighted by atomic mass is 127. The third kappa shape index (κ3) is 1.97. The van der Waals surface area contributed by atoms with E-state index in [-0.39, 0.29) is 9.32 Å².